The first-order chi connectivity index (χ1) is 26.3. The van der Waals surface area contributed by atoms with Crippen molar-refractivity contribution in [3.8, 4) is 0 Å². The van der Waals surface area contributed by atoms with Crippen LogP contribution in [-0.2, 0) is 14.3 Å². The molecule has 1 heterocycles. The highest BCUT2D eigenvalue weighted by Crippen LogP contribution is 2.22. The van der Waals surface area contributed by atoms with Crippen molar-refractivity contribution in [2.75, 3.05) is 13.2 Å². The van der Waals surface area contributed by atoms with Gasteiger partial charge in [-0.2, -0.15) is 0 Å². The number of ether oxygens (including phenoxy) is 2. The van der Waals surface area contributed by atoms with E-state index in [0.29, 0.717) is 19.3 Å². The highest BCUT2D eigenvalue weighted by molar-refractivity contribution is 5.80. The predicted molar refractivity (Wildman–Crippen MR) is 218 cm³/mol. The largest absolute Gasteiger partial charge is 0.394 e. The molecule has 1 fully saturated rings. The molecule has 0 aliphatic carbocycles. The maximum absolute atomic E-state index is 13.0. The summed E-state index contributed by atoms with van der Waals surface area (Å²) in [6.45, 7) is 3.57. The Morgan fingerprint density at radius 3 is 1.61 bits per heavy atom. The quantitative estimate of drug-likeness (QED) is 0.0250. The van der Waals surface area contributed by atoms with Crippen molar-refractivity contribution in [1.29, 1.82) is 0 Å². The minimum absolute atomic E-state index is 0.307. The van der Waals surface area contributed by atoms with Gasteiger partial charge in [-0.15, -0.1) is 0 Å². The number of carbonyl (C=O) groups is 1. The minimum Gasteiger partial charge on any atom is -0.394 e. The lowest BCUT2D eigenvalue weighted by Crippen LogP contribution is -2.60. The molecule has 10 nitrogen and oxygen atoms in total. The number of carbonyl (C=O) groups excluding carboxylic acids is 1. The molecule has 318 valence electrons. The smallest absolute Gasteiger partial charge is 0.249 e. The van der Waals surface area contributed by atoms with Crippen LogP contribution in [0.5, 0.6) is 0 Å². The summed E-state index contributed by atoms with van der Waals surface area (Å²) in [7, 11) is 0. The first-order valence-corrected chi connectivity index (χ1v) is 22.2. The van der Waals surface area contributed by atoms with Crippen LogP contribution in [0.1, 0.15) is 187 Å². The Balaban J connectivity index is 2.45. The zero-order valence-corrected chi connectivity index (χ0v) is 34.3. The van der Waals surface area contributed by atoms with E-state index in [4.69, 9.17) is 9.47 Å². The van der Waals surface area contributed by atoms with Gasteiger partial charge in [0.25, 0.3) is 0 Å². The van der Waals surface area contributed by atoms with Gasteiger partial charge in [-0.3, -0.25) is 4.79 Å². The third-order valence-corrected chi connectivity index (χ3v) is 10.6. The van der Waals surface area contributed by atoms with Gasteiger partial charge in [0, 0.05) is 0 Å². The molecule has 10 heteroatoms. The van der Waals surface area contributed by atoms with Gasteiger partial charge in [-0.1, -0.05) is 179 Å². The average Bonchev–Trinajstić information content (AvgIpc) is 3.17. The molecule has 1 aliphatic rings. The predicted octanol–water partition coefficient (Wildman–Crippen LogP) is 7.69. The van der Waals surface area contributed by atoms with Crippen LogP contribution < -0.4 is 5.32 Å². The molecule has 54 heavy (non-hydrogen) atoms. The van der Waals surface area contributed by atoms with Crippen LogP contribution in [-0.4, -0.2) is 98.7 Å². The molecule has 0 spiro atoms. The van der Waals surface area contributed by atoms with Crippen molar-refractivity contribution in [1.82, 2.24) is 5.32 Å². The number of aliphatic hydroxyl groups excluding tert-OH is 6. The van der Waals surface area contributed by atoms with Crippen molar-refractivity contribution >= 4 is 5.91 Å². The summed E-state index contributed by atoms with van der Waals surface area (Å²) in [6.07, 6.45) is 29.8. The standard InChI is InChI=1S/C44H83NO9/c1-3-5-7-9-11-13-15-17-18-19-21-23-25-27-29-31-33-38(48)43(52)45-36(35-53-44-42(51)41(50)40(49)39(34-46)54-44)37(47)32-30-28-26-24-22-20-16-14-12-10-8-6-4-2/h22,24,30,32,36-42,44,46-51H,3-21,23,25-29,31,33-35H2,1-2H3,(H,45,52)/b24-22-,32-30+/t36-,37+,38+,39+,40+,41-,42+,44+/m0/s1. The van der Waals surface area contributed by atoms with Crippen LogP contribution in [0.25, 0.3) is 0 Å². The van der Waals surface area contributed by atoms with E-state index >= 15 is 0 Å². The van der Waals surface area contributed by atoms with Gasteiger partial charge in [0.1, 0.15) is 30.5 Å². The molecule has 1 saturated heterocycles. The van der Waals surface area contributed by atoms with E-state index in [2.05, 4.69) is 31.3 Å². The third kappa shape index (κ3) is 25.0. The number of allylic oxidation sites excluding steroid dienone is 3. The molecule has 1 aliphatic heterocycles. The van der Waals surface area contributed by atoms with Crippen LogP contribution in [0.2, 0.25) is 0 Å². The number of aliphatic hydroxyl groups is 6. The molecule has 7 N–H and O–H groups in total. The van der Waals surface area contributed by atoms with Gasteiger partial charge in [0.2, 0.25) is 5.91 Å². The summed E-state index contributed by atoms with van der Waals surface area (Å²) in [4.78, 5) is 13.0. The Bertz CT molecular complexity index is 916. The fraction of sp³-hybridized carbons (Fsp3) is 0.886. The van der Waals surface area contributed by atoms with Gasteiger partial charge in [0.05, 0.1) is 25.4 Å². The first-order valence-electron chi connectivity index (χ1n) is 22.2. The fourth-order valence-electron chi connectivity index (χ4n) is 6.94. The Morgan fingerprint density at radius 2 is 1.09 bits per heavy atom. The zero-order chi connectivity index (χ0) is 39.7. The van der Waals surface area contributed by atoms with Crippen molar-refractivity contribution in [3.05, 3.63) is 24.3 Å². The van der Waals surface area contributed by atoms with E-state index in [1.165, 1.54) is 122 Å². The molecule has 0 radical (unpaired) electrons. The summed E-state index contributed by atoms with van der Waals surface area (Å²) in [6, 6.07) is -0.991. The summed E-state index contributed by atoms with van der Waals surface area (Å²) in [5.41, 5.74) is 0. The van der Waals surface area contributed by atoms with E-state index in [0.717, 1.165) is 32.1 Å². The van der Waals surface area contributed by atoms with E-state index in [9.17, 15) is 35.4 Å². The van der Waals surface area contributed by atoms with Crippen molar-refractivity contribution < 1.29 is 44.9 Å². The first kappa shape index (κ1) is 50.6. The number of nitrogens with one attached hydrogen (secondary N) is 1. The molecule has 8 atom stereocenters. The maximum atomic E-state index is 13.0. The zero-order valence-electron chi connectivity index (χ0n) is 34.3. The molecule has 0 aromatic carbocycles. The van der Waals surface area contributed by atoms with E-state index in [-0.39, 0.29) is 6.61 Å². The van der Waals surface area contributed by atoms with Gasteiger partial charge in [-0.05, 0) is 32.1 Å². The molecule has 0 aromatic heterocycles. The summed E-state index contributed by atoms with van der Waals surface area (Å²) in [5, 5.41) is 64.5. The molecular formula is C44H83NO9. The normalized spacial score (nSPS) is 22.3. The van der Waals surface area contributed by atoms with Gasteiger partial charge in [-0.25, -0.2) is 0 Å². The number of hydrogen-bond acceptors (Lipinski definition) is 9. The fourth-order valence-corrected chi connectivity index (χ4v) is 6.94. The van der Waals surface area contributed by atoms with Crippen LogP contribution in [0, 0.1) is 0 Å². The van der Waals surface area contributed by atoms with E-state index in [1.807, 2.05) is 6.08 Å². The highest BCUT2D eigenvalue weighted by Gasteiger charge is 2.44. The molecule has 1 rings (SSSR count). The molecule has 0 saturated carbocycles. The summed E-state index contributed by atoms with van der Waals surface area (Å²) < 4.78 is 11.1. The van der Waals surface area contributed by atoms with E-state index < -0.39 is 61.5 Å². The number of hydrogen-bond donors (Lipinski definition) is 7. The molecule has 0 bridgehead atoms. The minimum atomic E-state index is -1.61. The second-order valence-corrected chi connectivity index (χ2v) is 15.6. The van der Waals surface area contributed by atoms with Gasteiger partial charge >= 0.3 is 0 Å². The Morgan fingerprint density at radius 1 is 0.630 bits per heavy atom. The summed E-state index contributed by atoms with van der Waals surface area (Å²) >= 11 is 0. The average molecular weight is 770 g/mol. The number of amides is 1. The van der Waals surface area contributed by atoms with Crippen molar-refractivity contribution in [3.63, 3.8) is 0 Å². The SMILES string of the molecule is CCCCCCCCC/C=C\CC/C=C/[C@@H](O)[C@H](CO[C@@H]1O[C@H](CO)[C@@H](O)[C@H](O)[C@H]1O)NC(=O)[C@H](O)CCCCCCCCCCCCCCCCCC. The Hall–Kier alpha value is -1.37. The van der Waals surface area contributed by atoms with Crippen molar-refractivity contribution in [2.45, 2.75) is 236 Å². The molecular weight excluding hydrogens is 686 g/mol. The second-order valence-electron chi connectivity index (χ2n) is 15.6. The van der Waals surface area contributed by atoms with Crippen LogP contribution in [0.4, 0.5) is 0 Å². The number of unbranched alkanes of at least 4 members (excludes halogenated alkanes) is 23. The monoisotopic (exact) mass is 770 g/mol. The third-order valence-electron chi connectivity index (χ3n) is 10.6. The summed E-state index contributed by atoms with van der Waals surface area (Å²) in [5.74, 6) is -0.626. The van der Waals surface area contributed by atoms with Gasteiger partial charge < -0.3 is 45.4 Å². The van der Waals surface area contributed by atoms with Crippen LogP contribution in [0.15, 0.2) is 24.3 Å². The lowest BCUT2D eigenvalue weighted by molar-refractivity contribution is -0.302. The second kappa shape index (κ2) is 34.8. The Labute approximate surface area is 329 Å². The highest BCUT2D eigenvalue weighted by atomic mass is 16.7. The molecule has 1 amide bonds. The number of rotatable bonds is 36. The molecule has 0 unspecified atom stereocenters. The lowest BCUT2D eigenvalue weighted by Gasteiger charge is -2.40. The molecule has 0 aromatic rings. The van der Waals surface area contributed by atoms with Crippen LogP contribution in [0.3, 0.4) is 0 Å². The maximum Gasteiger partial charge on any atom is 0.249 e. The lowest BCUT2D eigenvalue weighted by atomic mass is 9.99. The van der Waals surface area contributed by atoms with Gasteiger partial charge in [0.15, 0.2) is 6.29 Å². The van der Waals surface area contributed by atoms with Crippen LogP contribution >= 0.6 is 0 Å². The van der Waals surface area contributed by atoms with Crippen molar-refractivity contribution in [2.24, 2.45) is 0 Å². The van der Waals surface area contributed by atoms with E-state index in [1.54, 1.807) is 6.08 Å². The topological polar surface area (TPSA) is 169 Å². The Kier molecular flexibility index (Phi) is 32.7.